The second kappa shape index (κ2) is 8.50. The largest absolute Gasteiger partial charge is 0.295 e. The summed E-state index contributed by atoms with van der Waals surface area (Å²) in [6, 6.07) is 0. The van der Waals surface area contributed by atoms with Crippen molar-refractivity contribution in [3.63, 3.8) is 0 Å². The first-order valence-electron chi connectivity index (χ1n) is 7.47. The maximum absolute atomic E-state index is 11.0. The summed E-state index contributed by atoms with van der Waals surface area (Å²) in [5, 5.41) is 0. The number of carbonyl (C=O) groups excluding carboxylic acids is 1. The smallest absolute Gasteiger partial charge is 0.156 e. The Morgan fingerprint density at radius 1 is 1.22 bits per heavy atom. The second-order valence-corrected chi connectivity index (χ2v) is 6.86. The van der Waals surface area contributed by atoms with Crippen LogP contribution < -0.4 is 0 Å². The van der Waals surface area contributed by atoms with Crippen molar-refractivity contribution in [1.82, 2.24) is 0 Å². The molecule has 0 unspecified atom stereocenters. The van der Waals surface area contributed by atoms with E-state index in [4.69, 9.17) is 0 Å². The number of hydrogen-bond acceptors (Lipinski definition) is 1. The molecule has 1 aliphatic rings. The SMILES string of the molecule is CC1=CC(=O)CC(C)(C)C1.CCCCCC(C)C. The highest BCUT2D eigenvalue weighted by molar-refractivity contribution is 5.91. The molecule has 1 nitrogen and oxygen atoms in total. The van der Waals surface area contributed by atoms with Crippen LogP contribution in [0, 0.1) is 11.3 Å². The van der Waals surface area contributed by atoms with E-state index in [1.807, 2.05) is 6.92 Å². The first-order chi connectivity index (χ1) is 8.26. The van der Waals surface area contributed by atoms with Crippen LogP contribution in [0.25, 0.3) is 0 Å². The number of hydrogen-bond donors (Lipinski definition) is 0. The molecule has 0 aromatic rings. The highest BCUT2D eigenvalue weighted by atomic mass is 16.1. The Bertz CT molecular complexity index is 271. The molecule has 0 fully saturated rings. The fourth-order valence-corrected chi connectivity index (χ4v) is 2.47. The molecule has 0 saturated heterocycles. The topological polar surface area (TPSA) is 17.1 Å². The van der Waals surface area contributed by atoms with Crippen LogP contribution in [0.1, 0.15) is 80.1 Å². The quantitative estimate of drug-likeness (QED) is 0.600. The van der Waals surface area contributed by atoms with E-state index in [-0.39, 0.29) is 11.2 Å². The maximum atomic E-state index is 11.0. The summed E-state index contributed by atoms with van der Waals surface area (Å²) < 4.78 is 0. The zero-order chi connectivity index (χ0) is 14.2. The van der Waals surface area contributed by atoms with E-state index < -0.39 is 0 Å². The van der Waals surface area contributed by atoms with Gasteiger partial charge >= 0.3 is 0 Å². The number of allylic oxidation sites excluding steroid dienone is 2. The molecule has 0 aromatic heterocycles. The Hall–Kier alpha value is -0.590. The lowest BCUT2D eigenvalue weighted by atomic mass is 9.77. The van der Waals surface area contributed by atoms with Crippen LogP contribution in [0.5, 0.6) is 0 Å². The van der Waals surface area contributed by atoms with E-state index in [1.54, 1.807) is 6.08 Å². The van der Waals surface area contributed by atoms with Crippen LogP contribution in [-0.2, 0) is 4.79 Å². The zero-order valence-corrected chi connectivity index (χ0v) is 13.3. The molecule has 1 aliphatic carbocycles. The summed E-state index contributed by atoms with van der Waals surface area (Å²) >= 11 is 0. The summed E-state index contributed by atoms with van der Waals surface area (Å²) in [5.41, 5.74) is 1.43. The van der Waals surface area contributed by atoms with E-state index >= 15 is 0 Å². The summed E-state index contributed by atoms with van der Waals surface area (Å²) in [5.74, 6) is 1.19. The lowest BCUT2D eigenvalue weighted by Gasteiger charge is -2.27. The second-order valence-electron chi connectivity index (χ2n) is 6.86. The monoisotopic (exact) mass is 252 g/mol. The molecule has 1 rings (SSSR count). The van der Waals surface area contributed by atoms with Crippen molar-refractivity contribution in [3.8, 4) is 0 Å². The minimum Gasteiger partial charge on any atom is -0.295 e. The fraction of sp³-hybridized carbons (Fsp3) is 0.824. The summed E-state index contributed by atoms with van der Waals surface area (Å²) in [7, 11) is 0. The van der Waals surface area contributed by atoms with Gasteiger partial charge in [-0.3, -0.25) is 4.79 Å². The van der Waals surface area contributed by atoms with Crippen molar-refractivity contribution in [1.29, 1.82) is 0 Å². The predicted molar refractivity (Wildman–Crippen MR) is 80.8 cm³/mol. The molecule has 0 saturated carbocycles. The van der Waals surface area contributed by atoms with Gasteiger partial charge in [0, 0.05) is 6.42 Å². The Balaban J connectivity index is 0.000000331. The molecule has 18 heavy (non-hydrogen) atoms. The molecule has 0 N–H and O–H groups in total. The molecule has 0 atom stereocenters. The Labute approximate surface area is 114 Å². The van der Waals surface area contributed by atoms with Gasteiger partial charge in [-0.2, -0.15) is 0 Å². The van der Waals surface area contributed by atoms with E-state index in [1.165, 1.54) is 31.3 Å². The van der Waals surface area contributed by atoms with Crippen molar-refractivity contribution >= 4 is 5.78 Å². The Morgan fingerprint density at radius 3 is 2.22 bits per heavy atom. The normalized spacial score (nSPS) is 18.2. The average Bonchev–Trinajstić information content (AvgIpc) is 2.14. The van der Waals surface area contributed by atoms with E-state index in [0.717, 1.165) is 12.3 Å². The predicted octanol–water partition coefficient (Wildman–Crippen LogP) is 5.54. The van der Waals surface area contributed by atoms with Crippen molar-refractivity contribution in [2.75, 3.05) is 0 Å². The van der Waals surface area contributed by atoms with Crippen LogP contribution in [0.2, 0.25) is 0 Å². The summed E-state index contributed by atoms with van der Waals surface area (Å²) in [4.78, 5) is 11.0. The summed E-state index contributed by atoms with van der Waals surface area (Å²) in [6.45, 7) is 13.1. The molecule has 0 radical (unpaired) electrons. The molecule has 1 heteroatoms. The lowest BCUT2D eigenvalue weighted by molar-refractivity contribution is -0.117. The van der Waals surface area contributed by atoms with Crippen molar-refractivity contribution in [3.05, 3.63) is 11.6 Å². The van der Waals surface area contributed by atoms with Crippen LogP contribution in [-0.4, -0.2) is 5.78 Å². The highest BCUT2D eigenvalue weighted by Crippen LogP contribution is 2.32. The first-order valence-corrected chi connectivity index (χ1v) is 7.47. The molecule has 0 spiro atoms. The van der Waals surface area contributed by atoms with Gasteiger partial charge in [-0.05, 0) is 30.8 Å². The van der Waals surface area contributed by atoms with Crippen molar-refractivity contribution in [2.24, 2.45) is 11.3 Å². The zero-order valence-electron chi connectivity index (χ0n) is 13.3. The standard InChI is InChI=1S/C9H14O.C8H18/c1-7-4-8(10)6-9(2,3)5-7;1-4-5-6-7-8(2)3/h4H,5-6H2,1-3H3;8H,4-7H2,1-3H3. The molecule has 106 valence electrons. The van der Waals surface area contributed by atoms with Crippen LogP contribution in [0.15, 0.2) is 11.6 Å². The van der Waals surface area contributed by atoms with Gasteiger partial charge in [0.1, 0.15) is 0 Å². The van der Waals surface area contributed by atoms with Gasteiger partial charge in [-0.1, -0.05) is 65.9 Å². The van der Waals surface area contributed by atoms with Crippen LogP contribution in [0.4, 0.5) is 0 Å². The lowest BCUT2D eigenvalue weighted by Crippen LogP contribution is -2.20. The Kier molecular flexibility index (Phi) is 8.22. The minimum absolute atomic E-state index is 0.204. The third kappa shape index (κ3) is 9.44. The molecule has 0 aromatic carbocycles. The fourth-order valence-electron chi connectivity index (χ4n) is 2.47. The van der Waals surface area contributed by atoms with Crippen LogP contribution in [0.3, 0.4) is 0 Å². The van der Waals surface area contributed by atoms with Gasteiger partial charge < -0.3 is 0 Å². The highest BCUT2D eigenvalue weighted by Gasteiger charge is 2.25. The van der Waals surface area contributed by atoms with Gasteiger partial charge in [0.25, 0.3) is 0 Å². The third-order valence-electron chi connectivity index (χ3n) is 3.20. The van der Waals surface area contributed by atoms with Gasteiger partial charge in [-0.25, -0.2) is 0 Å². The van der Waals surface area contributed by atoms with Crippen molar-refractivity contribution in [2.45, 2.75) is 80.1 Å². The van der Waals surface area contributed by atoms with E-state index in [2.05, 4.69) is 34.6 Å². The van der Waals surface area contributed by atoms with Crippen molar-refractivity contribution < 1.29 is 4.79 Å². The van der Waals surface area contributed by atoms with Crippen LogP contribution >= 0.6 is 0 Å². The average molecular weight is 252 g/mol. The molecule has 0 amide bonds. The number of unbranched alkanes of at least 4 members (excludes halogenated alkanes) is 2. The minimum atomic E-state index is 0.204. The molecule has 0 bridgehead atoms. The maximum Gasteiger partial charge on any atom is 0.156 e. The van der Waals surface area contributed by atoms with Gasteiger partial charge in [0.05, 0.1) is 0 Å². The van der Waals surface area contributed by atoms with E-state index in [0.29, 0.717) is 6.42 Å². The third-order valence-corrected chi connectivity index (χ3v) is 3.20. The van der Waals surface area contributed by atoms with Gasteiger partial charge in [-0.15, -0.1) is 0 Å². The number of carbonyl (C=O) groups is 1. The van der Waals surface area contributed by atoms with E-state index in [9.17, 15) is 4.79 Å². The molecule has 0 heterocycles. The first kappa shape index (κ1) is 17.4. The number of ketones is 1. The van der Waals surface area contributed by atoms with Gasteiger partial charge in [0.15, 0.2) is 5.78 Å². The van der Waals surface area contributed by atoms with Gasteiger partial charge in [0.2, 0.25) is 0 Å². The Morgan fingerprint density at radius 2 is 1.83 bits per heavy atom. The molecular weight excluding hydrogens is 220 g/mol. The molecular formula is C17H32O. The molecule has 0 aliphatic heterocycles. The summed E-state index contributed by atoms with van der Waals surface area (Å²) in [6.07, 6.45) is 9.15. The number of rotatable bonds is 4.